The highest BCUT2D eigenvalue weighted by atomic mass is 16.2. The lowest BCUT2D eigenvalue weighted by molar-refractivity contribution is -0.121. The summed E-state index contributed by atoms with van der Waals surface area (Å²) in [6.45, 7) is 12.0. The molecule has 1 unspecified atom stereocenters. The highest BCUT2D eigenvalue weighted by Crippen LogP contribution is 2.40. The van der Waals surface area contributed by atoms with Crippen molar-refractivity contribution in [3.8, 4) is 0 Å². The maximum absolute atomic E-state index is 12.2. The Morgan fingerprint density at radius 3 is 2.33 bits per heavy atom. The van der Waals surface area contributed by atoms with Crippen molar-refractivity contribution in [3.63, 3.8) is 0 Å². The van der Waals surface area contributed by atoms with Gasteiger partial charge in [0.2, 0.25) is 5.91 Å². The topological polar surface area (TPSA) is 53.5 Å². The predicted molar refractivity (Wildman–Crippen MR) is 87.1 cm³/mol. The average Bonchev–Trinajstić information content (AvgIpc) is 2.77. The fraction of sp³-hybridized carbons (Fsp3) is 0.882. The van der Waals surface area contributed by atoms with E-state index in [4.69, 9.17) is 0 Å². The lowest BCUT2D eigenvalue weighted by Gasteiger charge is -2.38. The Labute approximate surface area is 129 Å². The van der Waals surface area contributed by atoms with Crippen LogP contribution in [0, 0.1) is 23.2 Å². The maximum atomic E-state index is 12.2. The van der Waals surface area contributed by atoms with E-state index in [0.717, 1.165) is 25.3 Å². The minimum Gasteiger partial charge on any atom is -0.344 e. The van der Waals surface area contributed by atoms with Crippen LogP contribution in [-0.4, -0.2) is 24.5 Å². The van der Waals surface area contributed by atoms with Gasteiger partial charge in [0, 0.05) is 6.54 Å². The van der Waals surface area contributed by atoms with Gasteiger partial charge in [-0.2, -0.15) is 0 Å². The van der Waals surface area contributed by atoms with Crippen LogP contribution in [0.25, 0.3) is 0 Å². The third-order valence-corrected chi connectivity index (χ3v) is 4.90. The Morgan fingerprint density at radius 1 is 1.19 bits per heavy atom. The number of nitrogens with zero attached hydrogens (tertiary/aromatic N) is 1. The Kier molecular flexibility index (Phi) is 4.95. The molecular formula is C17H31N3O. The average molecular weight is 293 g/mol. The van der Waals surface area contributed by atoms with Crippen molar-refractivity contribution in [1.29, 1.82) is 0 Å². The molecule has 4 heteroatoms. The first-order valence-corrected chi connectivity index (χ1v) is 8.39. The van der Waals surface area contributed by atoms with E-state index < -0.39 is 0 Å². The summed E-state index contributed by atoms with van der Waals surface area (Å²) in [5.41, 5.74) is 0.389. The molecule has 1 atom stereocenters. The third kappa shape index (κ3) is 4.21. The summed E-state index contributed by atoms with van der Waals surface area (Å²) in [6, 6.07) is -0.0724. The van der Waals surface area contributed by atoms with Crippen LogP contribution in [-0.2, 0) is 4.79 Å². The van der Waals surface area contributed by atoms with Crippen LogP contribution in [0.2, 0.25) is 0 Å². The van der Waals surface area contributed by atoms with Crippen molar-refractivity contribution >= 4 is 11.9 Å². The molecule has 2 N–H and O–H groups in total. The molecule has 2 fully saturated rings. The third-order valence-electron chi connectivity index (χ3n) is 4.90. The first kappa shape index (κ1) is 16.3. The molecule has 0 spiro atoms. The largest absolute Gasteiger partial charge is 0.344 e. The molecular weight excluding hydrogens is 262 g/mol. The smallest absolute Gasteiger partial charge is 0.249 e. The number of hydrogen-bond acceptors (Lipinski definition) is 2. The zero-order valence-corrected chi connectivity index (χ0v) is 14.2. The SMILES string of the molecule is CC(C)CN=C1NC(=O)C(C2CCC(C(C)(C)C)CC2)N1. The van der Waals surface area contributed by atoms with Crippen molar-refractivity contribution in [2.45, 2.75) is 66.3 Å². The first-order valence-electron chi connectivity index (χ1n) is 8.39. The Bertz CT molecular complexity index is 401. The first-order chi connectivity index (χ1) is 9.77. The standard InChI is InChI=1S/C17H31N3O/c1-11(2)10-18-16-19-14(15(21)20-16)12-6-8-13(9-7-12)17(3,4)5/h11-14H,6-10H2,1-5H3,(H2,18,19,20,21). The van der Waals surface area contributed by atoms with Gasteiger partial charge < -0.3 is 5.32 Å². The zero-order chi connectivity index (χ0) is 15.6. The van der Waals surface area contributed by atoms with E-state index in [-0.39, 0.29) is 11.9 Å². The van der Waals surface area contributed by atoms with Crippen molar-refractivity contribution < 1.29 is 4.79 Å². The molecule has 1 amide bonds. The molecule has 0 aromatic rings. The van der Waals surface area contributed by atoms with Crippen molar-refractivity contribution in [2.75, 3.05) is 6.54 Å². The quantitative estimate of drug-likeness (QED) is 0.840. The Balaban J connectivity index is 1.89. The minimum absolute atomic E-state index is 0.0724. The van der Waals surface area contributed by atoms with Crippen LogP contribution in [0.5, 0.6) is 0 Å². The monoisotopic (exact) mass is 293 g/mol. The molecule has 1 saturated heterocycles. The van der Waals surface area contributed by atoms with E-state index in [1.54, 1.807) is 0 Å². The van der Waals surface area contributed by atoms with Gasteiger partial charge in [-0.15, -0.1) is 0 Å². The Hall–Kier alpha value is -1.06. The van der Waals surface area contributed by atoms with E-state index in [0.29, 0.717) is 23.2 Å². The van der Waals surface area contributed by atoms with E-state index in [9.17, 15) is 4.79 Å². The van der Waals surface area contributed by atoms with E-state index >= 15 is 0 Å². The summed E-state index contributed by atoms with van der Waals surface area (Å²) in [5.74, 6) is 2.54. The predicted octanol–water partition coefficient (Wildman–Crippen LogP) is 2.94. The molecule has 4 nitrogen and oxygen atoms in total. The van der Waals surface area contributed by atoms with Gasteiger partial charge in [-0.1, -0.05) is 34.6 Å². The number of hydrogen-bond donors (Lipinski definition) is 2. The molecule has 0 aromatic carbocycles. The molecule has 1 aliphatic heterocycles. The number of carbonyl (C=O) groups is 1. The molecule has 1 heterocycles. The van der Waals surface area contributed by atoms with Gasteiger partial charge in [-0.25, -0.2) is 0 Å². The summed E-state index contributed by atoms with van der Waals surface area (Å²) in [6.07, 6.45) is 4.76. The van der Waals surface area contributed by atoms with Gasteiger partial charge >= 0.3 is 0 Å². The lowest BCUT2D eigenvalue weighted by Crippen LogP contribution is -2.40. The molecule has 0 aromatic heterocycles. The van der Waals surface area contributed by atoms with E-state index in [2.05, 4.69) is 50.2 Å². The van der Waals surface area contributed by atoms with Gasteiger partial charge in [0.05, 0.1) is 0 Å². The van der Waals surface area contributed by atoms with E-state index in [1.165, 1.54) is 12.8 Å². The van der Waals surface area contributed by atoms with Gasteiger partial charge in [0.1, 0.15) is 6.04 Å². The number of carbonyl (C=O) groups excluding carboxylic acids is 1. The number of aliphatic imine (C=N–C) groups is 1. The minimum atomic E-state index is -0.0724. The highest BCUT2D eigenvalue weighted by Gasteiger charge is 2.39. The number of rotatable bonds is 3. The molecule has 1 aliphatic carbocycles. The number of guanidine groups is 1. The molecule has 0 bridgehead atoms. The fourth-order valence-corrected chi connectivity index (χ4v) is 3.45. The molecule has 0 radical (unpaired) electrons. The second kappa shape index (κ2) is 6.37. The molecule has 120 valence electrons. The number of nitrogens with one attached hydrogen (secondary N) is 2. The van der Waals surface area contributed by atoms with Crippen LogP contribution in [0.4, 0.5) is 0 Å². The van der Waals surface area contributed by atoms with Gasteiger partial charge in [-0.05, 0) is 48.9 Å². The second-order valence-corrected chi connectivity index (χ2v) is 8.17. The van der Waals surface area contributed by atoms with Gasteiger partial charge in [0.25, 0.3) is 0 Å². The van der Waals surface area contributed by atoms with Crippen molar-refractivity contribution in [2.24, 2.45) is 28.2 Å². The number of amides is 1. The summed E-state index contributed by atoms with van der Waals surface area (Å²) in [7, 11) is 0. The molecule has 2 aliphatic rings. The molecule has 2 rings (SSSR count). The maximum Gasteiger partial charge on any atom is 0.249 e. The van der Waals surface area contributed by atoms with E-state index in [1.807, 2.05) is 0 Å². The summed E-state index contributed by atoms with van der Waals surface area (Å²) >= 11 is 0. The van der Waals surface area contributed by atoms with Gasteiger partial charge in [0.15, 0.2) is 5.96 Å². The van der Waals surface area contributed by atoms with Crippen LogP contribution >= 0.6 is 0 Å². The zero-order valence-electron chi connectivity index (χ0n) is 14.2. The van der Waals surface area contributed by atoms with Crippen molar-refractivity contribution in [3.05, 3.63) is 0 Å². The Morgan fingerprint density at radius 2 is 1.81 bits per heavy atom. The fourth-order valence-electron chi connectivity index (χ4n) is 3.45. The van der Waals surface area contributed by atoms with Crippen LogP contribution in [0.1, 0.15) is 60.3 Å². The summed E-state index contributed by atoms with van der Waals surface area (Å²) in [4.78, 5) is 16.6. The van der Waals surface area contributed by atoms with Crippen LogP contribution in [0.3, 0.4) is 0 Å². The van der Waals surface area contributed by atoms with Crippen LogP contribution in [0.15, 0.2) is 4.99 Å². The molecule has 21 heavy (non-hydrogen) atoms. The normalized spacial score (nSPS) is 32.4. The summed E-state index contributed by atoms with van der Waals surface area (Å²) < 4.78 is 0. The second-order valence-electron chi connectivity index (χ2n) is 8.17. The molecule has 1 saturated carbocycles. The van der Waals surface area contributed by atoms with Gasteiger partial charge in [-0.3, -0.25) is 15.1 Å². The summed E-state index contributed by atoms with van der Waals surface area (Å²) in [5, 5.41) is 6.21. The highest BCUT2D eigenvalue weighted by molar-refractivity contribution is 6.06. The van der Waals surface area contributed by atoms with Crippen molar-refractivity contribution in [1.82, 2.24) is 10.6 Å². The van der Waals surface area contributed by atoms with Crippen LogP contribution < -0.4 is 10.6 Å². The lowest BCUT2D eigenvalue weighted by atomic mass is 9.68.